The van der Waals surface area contributed by atoms with Crippen LogP contribution in [0.3, 0.4) is 0 Å². The highest BCUT2D eigenvalue weighted by Crippen LogP contribution is 2.34. The first kappa shape index (κ1) is 16.2. The van der Waals surface area contributed by atoms with Crippen LogP contribution in [0.5, 0.6) is 0 Å². The molecule has 0 atom stereocenters. The van der Waals surface area contributed by atoms with E-state index in [0.29, 0.717) is 21.6 Å². The second-order valence-electron chi connectivity index (χ2n) is 4.74. The average molecular weight is 373 g/mol. The summed E-state index contributed by atoms with van der Waals surface area (Å²) in [6.07, 6.45) is 0.982. The van der Waals surface area contributed by atoms with Gasteiger partial charge in [0.15, 0.2) is 5.82 Å². The van der Waals surface area contributed by atoms with Crippen molar-refractivity contribution < 1.29 is 4.39 Å². The molecule has 1 aromatic heterocycles. The van der Waals surface area contributed by atoms with E-state index in [9.17, 15) is 4.39 Å². The summed E-state index contributed by atoms with van der Waals surface area (Å²) in [4.78, 5) is 8.76. The van der Waals surface area contributed by atoms with Gasteiger partial charge in [0, 0.05) is 22.1 Å². The number of aromatic nitrogens is 2. The fourth-order valence-electron chi connectivity index (χ4n) is 2.01. The predicted octanol–water partition coefficient (Wildman–Crippen LogP) is 5.14. The van der Waals surface area contributed by atoms with Crippen LogP contribution in [0.1, 0.15) is 24.7 Å². The van der Waals surface area contributed by atoms with E-state index in [-0.39, 0.29) is 5.02 Å². The molecule has 0 saturated heterocycles. The highest BCUT2D eigenvalue weighted by Gasteiger charge is 2.17. The van der Waals surface area contributed by atoms with Crippen molar-refractivity contribution >= 4 is 33.3 Å². The van der Waals surface area contributed by atoms with Gasteiger partial charge < -0.3 is 5.32 Å². The molecule has 0 unspecified atom stereocenters. The number of nitrogens with one attached hydrogen (secondary N) is 1. The minimum atomic E-state index is -0.478. The Labute approximate surface area is 137 Å². The number of rotatable bonds is 4. The fraction of sp³-hybridized carbons (Fsp3) is 0.333. The molecule has 0 bridgehead atoms. The number of hydrogen-bond acceptors (Lipinski definition) is 3. The molecule has 0 fully saturated rings. The summed E-state index contributed by atoms with van der Waals surface area (Å²) in [5, 5.41) is 3.30. The molecule has 1 N–H and O–H groups in total. The van der Waals surface area contributed by atoms with Crippen LogP contribution < -0.4 is 5.32 Å². The van der Waals surface area contributed by atoms with Gasteiger partial charge in [-0.2, -0.15) is 0 Å². The minimum absolute atomic E-state index is 0.0613. The smallest absolute Gasteiger partial charge is 0.152 e. The molecule has 3 nitrogen and oxygen atoms in total. The summed E-state index contributed by atoms with van der Waals surface area (Å²) < 4.78 is 14.9. The van der Waals surface area contributed by atoms with Gasteiger partial charge in [-0.1, -0.05) is 18.5 Å². The molecule has 0 radical (unpaired) electrons. The Bertz CT molecular complexity index is 676. The molecule has 1 heterocycles. The lowest BCUT2D eigenvalue weighted by Crippen LogP contribution is -2.08. The Morgan fingerprint density at radius 2 is 2.00 bits per heavy atom. The zero-order valence-electron chi connectivity index (χ0n) is 12.1. The first-order valence-electron chi connectivity index (χ1n) is 6.68. The number of hydrogen-bond donors (Lipinski definition) is 1. The topological polar surface area (TPSA) is 37.8 Å². The van der Waals surface area contributed by atoms with Crippen LogP contribution >= 0.6 is 27.5 Å². The molecule has 112 valence electrons. The van der Waals surface area contributed by atoms with Crippen molar-refractivity contribution in [1.82, 2.24) is 9.97 Å². The number of nitrogens with zero attached hydrogens (tertiary/aromatic N) is 2. The van der Waals surface area contributed by atoms with E-state index < -0.39 is 5.82 Å². The van der Waals surface area contributed by atoms with Crippen molar-refractivity contribution in [3.05, 3.63) is 38.8 Å². The Balaban J connectivity index is 2.59. The van der Waals surface area contributed by atoms with E-state index in [1.165, 1.54) is 0 Å². The van der Waals surface area contributed by atoms with E-state index in [0.717, 1.165) is 24.3 Å². The first-order valence-corrected chi connectivity index (χ1v) is 7.85. The Hall–Kier alpha value is -1.20. The molecule has 0 spiro atoms. The van der Waals surface area contributed by atoms with Crippen molar-refractivity contribution in [3.63, 3.8) is 0 Å². The molecule has 1 aromatic carbocycles. The molecule has 2 aromatic rings. The number of halogens is 3. The van der Waals surface area contributed by atoms with Crippen LogP contribution in [0.15, 0.2) is 16.6 Å². The molecule has 0 amide bonds. The lowest BCUT2D eigenvalue weighted by Gasteiger charge is -2.14. The van der Waals surface area contributed by atoms with Crippen LogP contribution in [-0.4, -0.2) is 16.5 Å². The van der Waals surface area contributed by atoms with Crippen LogP contribution in [-0.2, 0) is 0 Å². The van der Waals surface area contributed by atoms with Crippen LogP contribution in [0.4, 0.5) is 10.2 Å². The average Bonchev–Trinajstić information content (AvgIpc) is 2.46. The summed E-state index contributed by atoms with van der Waals surface area (Å²) in [6, 6.07) is 3.39. The quantitative estimate of drug-likeness (QED) is 0.755. The van der Waals surface area contributed by atoms with E-state index in [1.54, 1.807) is 19.1 Å². The van der Waals surface area contributed by atoms with Crippen molar-refractivity contribution in [2.24, 2.45) is 0 Å². The van der Waals surface area contributed by atoms with E-state index >= 15 is 0 Å². The van der Waals surface area contributed by atoms with Crippen molar-refractivity contribution in [2.45, 2.75) is 27.2 Å². The van der Waals surface area contributed by atoms with E-state index in [1.807, 2.05) is 6.92 Å². The van der Waals surface area contributed by atoms with E-state index in [4.69, 9.17) is 11.6 Å². The van der Waals surface area contributed by atoms with Gasteiger partial charge in [0.25, 0.3) is 0 Å². The second kappa shape index (κ2) is 6.71. The van der Waals surface area contributed by atoms with Gasteiger partial charge >= 0.3 is 0 Å². The highest BCUT2D eigenvalue weighted by molar-refractivity contribution is 9.10. The van der Waals surface area contributed by atoms with E-state index in [2.05, 4.69) is 38.1 Å². The molecule has 6 heteroatoms. The maximum atomic E-state index is 14.4. The molecular weight excluding hydrogens is 357 g/mol. The van der Waals surface area contributed by atoms with Crippen LogP contribution in [0, 0.1) is 19.7 Å². The first-order chi connectivity index (χ1) is 9.95. The van der Waals surface area contributed by atoms with Gasteiger partial charge in [0.1, 0.15) is 11.6 Å². The Morgan fingerprint density at radius 1 is 1.29 bits per heavy atom. The maximum absolute atomic E-state index is 14.4. The van der Waals surface area contributed by atoms with Crippen LogP contribution in [0.2, 0.25) is 5.02 Å². The zero-order valence-corrected chi connectivity index (χ0v) is 14.4. The molecule has 0 aliphatic heterocycles. The minimum Gasteiger partial charge on any atom is -0.370 e. The lowest BCUT2D eigenvalue weighted by atomic mass is 10.1. The van der Waals surface area contributed by atoms with Crippen molar-refractivity contribution in [1.29, 1.82) is 0 Å². The van der Waals surface area contributed by atoms with Gasteiger partial charge in [-0.15, -0.1) is 0 Å². The third-order valence-corrected chi connectivity index (χ3v) is 4.35. The Morgan fingerprint density at radius 3 is 2.67 bits per heavy atom. The molecule has 0 aliphatic rings. The van der Waals surface area contributed by atoms with Crippen molar-refractivity contribution in [3.8, 4) is 11.3 Å². The maximum Gasteiger partial charge on any atom is 0.152 e. The number of aryl methyl sites for hydroxylation is 1. The van der Waals surface area contributed by atoms with Gasteiger partial charge in [-0.05, 0) is 48.3 Å². The third kappa shape index (κ3) is 3.35. The second-order valence-corrected chi connectivity index (χ2v) is 5.98. The van der Waals surface area contributed by atoms with Gasteiger partial charge in [-0.25, -0.2) is 14.4 Å². The van der Waals surface area contributed by atoms with Crippen LogP contribution in [0.25, 0.3) is 11.3 Å². The summed E-state index contributed by atoms with van der Waals surface area (Å²) in [6.45, 7) is 6.55. The van der Waals surface area contributed by atoms with Gasteiger partial charge in [0.2, 0.25) is 0 Å². The number of anilines is 1. The largest absolute Gasteiger partial charge is 0.370 e. The monoisotopic (exact) mass is 371 g/mol. The molecule has 2 rings (SSSR count). The van der Waals surface area contributed by atoms with Gasteiger partial charge in [0.05, 0.1) is 10.7 Å². The number of benzene rings is 1. The summed E-state index contributed by atoms with van der Waals surface area (Å²) in [7, 11) is 0. The third-order valence-electron chi connectivity index (χ3n) is 3.09. The highest BCUT2D eigenvalue weighted by atomic mass is 79.9. The summed E-state index contributed by atoms with van der Waals surface area (Å²) >= 11 is 9.18. The predicted molar refractivity (Wildman–Crippen MR) is 88.4 cm³/mol. The van der Waals surface area contributed by atoms with Crippen molar-refractivity contribution in [2.75, 3.05) is 11.9 Å². The summed E-state index contributed by atoms with van der Waals surface area (Å²) in [5.41, 5.74) is 1.75. The molecule has 0 aliphatic carbocycles. The molecular formula is C15H16BrClFN3. The molecule has 0 saturated carbocycles. The van der Waals surface area contributed by atoms with Gasteiger partial charge in [-0.3, -0.25) is 0 Å². The fourth-order valence-corrected chi connectivity index (χ4v) is 2.49. The molecule has 21 heavy (non-hydrogen) atoms. The Kier molecular flexibility index (Phi) is 5.17. The summed E-state index contributed by atoms with van der Waals surface area (Å²) in [5.74, 6) is 0.846. The normalized spacial score (nSPS) is 10.8. The zero-order chi connectivity index (χ0) is 15.6. The SMILES string of the molecule is CCCNc1nc(C)nc(-c2ccc(Br)c(Cl)c2F)c1C. The standard InChI is InChI=1S/C15H16BrClFN3/c1-4-7-19-15-8(2)14(20-9(3)21-15)10-5-6-11(16)12(17)13(10)18/h5-6H,4,7H2,1-3H3,(H,19,20,21). The lowest BCUT2D eigenvalue weighted by molar-refractivity contribution is 0.630.